The summed E-state index contributed by atoms with van der Waals surface area (Å²) in [6.07, 6.45) is 4.67. The average molecular weight is 453 g/mol. The highest BCUT2D eigenvalue weighted by molar-refractivity contribution is 8.00. The van der Waals surface area contributed by atoms with E-state index in [2.05, 4.69) is 13.2 Å². The molecule has 1 aliphatic rings. The molecule has 0 aliphatic heterocycles. The van der Waals surface area contributed by atoms with Gasteiger partial charge in [-0.25, -0.2) is 8.42 Å². The Labute approximate surface area is 180 Å². The molecule has 1 unspecified atom stereocenters. The van der Waals surface area contributed by atoms with E-state index in [1.165, 1.54) is 38.5 Å². The van der Waals surface area contributed by atoms with Gasteiger partial charge in [-0.2, -0.15) is 0 Å². The smallest absolute Gasteiger partial charge is 0.209 e. The van der Waals surface area contributed by atoms with Gasteiger partial charge in [-0.1, -0.05) is 36.9 Å². The Bertz CT molecular complexity index is 1050. The second kappa shape index (κ2) is 9.77. The Morgan fingerprint density at radius 3 is 2.43 bits per heavy atom. The molecule has 0 heterocycles. The van der Waals surface area contributed by atoms with Gasteiger partial charge in [0.15, 0.2) is 17.8 Å². The lowest BCUT2D eigenvalue weighted by molar-refractivity contribution is -0.115. The summed E-state index contributed by atoms with van der Waals surface area (Å²) in [7, 11) is -1.36. The first kappa shape index (κ1) is 23.4. The van der Waals surface area contributed by atoms with Crippen LogP contribution in [0.5, 0.6) is 17.2 Å². The molecule has 30 heavy (non-hydrogen) atoms. The third-order valence-corrected chi connectivity index (χ3v) is 6.59. The van der Waals surface area contributed by atoms with Crippen LogP contribution >= 0.6 is 11.6 Å². The number of carbonyl (C=O) groups excluding carboxylic acids is 2. The Kier molecular flexibility index (Phi) is 7.64. The summed E-state index contributed by atoms with van der Waals surface area (Å²) in [5.74, 6) is -0.189. The first-order valence-corrected chi connectivity index (χ1v) is 10.6. The van der Waals surface area contributed by atoms with Crippen molar-refractivity contribution in [3.63, 3.8) is 0 Å². The number of halogens is 1. The summed E-state index contributed by atoms with van der Waals surface area (Å²) in [5, 5.41) is 0.0217. The predicted octanol–water partition coefficient (Wildman–Crippen LogP) is 3.83. The zero-order valence-corrected chi connectivity index (χ0v) is 18.1. The van der Waals surface area contributed by atoms with Crippen molar-refractivity contribution in [2.75, 3.05) is 14.2 Å². The number of hydrogen-bond donors (Lipinski definition) is 0. The highest BCUT2D eigenvalue weighted by Crippen LogP contribution is 2.43. The third-order valence-electron chi connectivity index (χ3n) is 4.37. The van der Waals surface area contributed by atoms with E-state index in [1.54, 1.807) is 0 Å². The minimum atomic E-state index is -4.11. The van der Waals surface area contributed by atoms with Gasteiger partial charge in [0.05, 0.1) is 19.1 Å². The van der Waals surface area contributed by atoms with Gasteiger partial charge in [0, 0.05) is 12.5 Å². The standard InChI is InChI=1S/C21H21ClO7S/c1-5-7-14(6-2)30(25,26)19-10-13(8-9-16(19)24)29-21-15(12-23)17(27-3)11-18(28-4)20(21)22/h5-7,10-13H,1-2,8-9H2,3-4H3/b14-7+. The molecule has 0 aromatic heterocycles. The number of benzene rings is 1. The molecule has 0 N–H and O–H groups in total. The monoisotopic (exact) mass is 452 g/mol. The molecule has 0 amide bonds. The minimum Gasteiger partial charge on any atom is -0.496 e. The van der Waals surface area contributed by atoms with E-state index in [9.17, 15) is 18.0 Å². The SMILES string of the molecule is C=C/C=C(\C=C)S(=O)(=O)C1=CC(Oc2c(Cl)c(OC)cc(OC)c2C=O)CCC1=O. The van der Waals surface area contributed by atoms with Crippen molar-refractivity contribution in [1.29, 1.82) is 0 Å². The molecule has 0 fully saturated rings. The molecule has 0 spiro atoms. The van der Waals surface area contributed by atoms with Crippen molar-refractivity contribution in [1.82, 2.24) is 0 Å². The number of rotatable bonds is 9. The molecule has 0 saturated carbocycles. The van der Waals surface area contributed by atoms with Crippen LogP contribution in [0.4, 0.5) is 0 Å². The Morgan fingerprint density at radius 1 is 1.23 bits per heavy atom. The second-order valence-electron chi connectivity index (χ2n) is 6.12. The summed E-state index contributed by atoms with van der Waals surface area (Å²) in [4.78, 5) is 23.4. The van der Waals surface area contributed by atoms with Crippen LogP contribution in [0, 0.1) is 0 Å². The predicted molar refractivity (Wildman–Crippen MR) is 114 cm³/mol. The fourth-order valence-electron chi connectivity index (χ4n) is 2.88. The van der Waals surface area contributed by atoms with Gasteiger partial charge in [-0.15, -0.1) is 0 Å². The van der Waals surface area contributed by atoms with Gasteiger partial charge >= 0.3 is 0 Å². The summed E-state index contributed by atoms with van der Waals surface area (Å²) in [5.41, 5.74) is 0.0383. The van der Waals surface area contributed by atoms with E-state index in [0.29, 0.717) is 6.29 Å². The van der Waals surface area contributed by atoms with Crippen molar-refractivity contribution in [3.05, 3.63) is 63.9 Å². The molecular weight excluding hydrogens is 432 g/mol. The topological polar surface area (TPSA) is 96.0 Å². The molecule has 1 aromatic carbocycles. The maximum Gasteiger partial charge on any atom is 0.209 e. The number of ketones is 1. The number of carbonyl (C=O) groups is 2. The summed E-state index contributed by atoms with van der Waals surface area (Å²) < 4.78 is 41.9. The van der Waals surface area contributed by atoms with E-state index < -0.39 is 26.6 Å². The van der Waals surface area contributed by atoms with Crippen molar-refractivity contribution < 1.29 is 32.2 Å². The van der Waals surface area contributed by atoms with Crippen molar-refractivity contribution in [3.8, 4) is 17.2 Å². The first-order chi connectivity index (χ1) is 14.2. The fraction of sp³-hybridized carbons (Fsp3) is 0.238. The van der Waals surface area contributed by atoms with Crippen LogP contribution in [-0.4, -0.2) is 40.8 Å². The molecule has 9 heteroatoms. The fourth-order valence-corrected chi connectivity index (χ4v) is 4.64. The van der Waals surface area contributed by atoms with Crippen molar-refractivity contribution in [2.45, 2.75) is 18.9 Å². The molecule has 2 rings (SSSR count). The number of hydrogen-bond acceptors (Lipinski definition) is 7. The molecule has 1 atom stereocenters. The lowest BCUT2D eigenvalue weighted by Crippen LogP contribution is -2.27. The van der Waals surface area contributed by atoms with Crippen molar-refractivity contribution in [2.24, 2.45) is 0 Å². The van der Waals surface area contributed by atoms with E-state index in [0.717, 1.165) is 6.08 Å². The Balaban J connectivity index is 2.56. The number of aldehydes is 1. The van der Waals surface area contributed by atoms with Crippen LogP contribution in [0.25, 0.3) is 0 Å². The van der Waals surface area contributed by atoms with E-state index in [-0.39, 0.29) is 45.6 Å². The summed E-state index contributed by atoms with van der Waals surface area (Å²) >= 11 is 6.31. The lowest BCUT2D eigenvalue weighted by Gasteiger charge is -2.24. The largest absolute Gasteiger partial charge is 0.496 e. The quantitative estimate of drug-likeness (QED) is 0.415. The van der Waals surface area contributed by atoms with E-state index >= 15 is 0 Å². The maximum atomic E-state index is 12.9. The number of Topliss-reactive ketones (excluding diaryl/α,β-unsaturated/α-hetero) is 1. The maximum absolute atomic E-state index is 12.9. The second-order valence-corrected chi connectivity index (χ2v) is 8.41. The molecule has 0 saturated heterocycles. The summed E-state index contributed by atoms with van der Waals surface area (Å²) in [6.45, 7) is 6.95. The van der Waals surface area contributed by atoms with Crippen LogP contribution in [0.15, 0.2) is 53.3 Å². The number of sulfone groups is 1. The van der Waals surface area contributed by atoms with Gasteiger partial charge in [0.2, 0.25) is 9.84 Å². The molecule has 1 aromatic rings. The van der Waals surface area contributed by atoms with Gasteiger partial charge < -0.3 is 14.2 Å². The van der Waals surface area contributed by atoms with Crippen LogP contribution in [0.2, 0.25) is 5.02 Å². The van der Waals surface area contributed by atoms with Crippen LogP contribution in [0.1, 0.15) is 23.2 Å². The lowest BCUT2D eigenvalue weighted by atomic mass is 10.0. The number of methoxy groups -OCH3 is 2. The molecule has 1 aliphatic carbocycles. The number of ether oxygens (including phenoxy) is 3. The molecule has 7 nitrogen and oxygen atoms in total. The van der Waals surface area contributed by atoms with E-state index in [4.69, 9.17) is 25.8 Å². The first-order valence-electron chi connectivity index (χ1n) is 8.76. The highest BCUT2D eigenvalue weighted by Gasteiger charge is 2.33. The van der Waals surface area contributed by atoms with Gasteiger partial charge in [0.25, 0.3) is 0 Å². The van der Waals surface area contributed by atoms with Crippen LogP contribution in [0.3, 0.4) is 0 Å². The van der Waals surface area contributed by atoms with Crippen LogP contribution < -0.4 is 14.2 Å². The van der Waals surface area contributed by atoms with Gasteiger partial charge in [-0.3, -0.25) is 9.59 Å². The Morgan fingerprint density at radius 2 is 1.90 bits per heavy atom. The minimum absolute atomic E-state index is 0.0217. The third kappa shape index (κ3) is 4.49. The average Bonchev–Trinajstić information content (AvgIpc) is 2.73. The zero-order chi connectivity index (χ0) is 22.5. The Hall–Kier alpha value is -2.84. The number of allylic oxidation sites excluding steroid dienone is 4. The molecule has 0 radical (unpaired) electrons. The highest BCUT2D eigenvalue weighted by atomic mass is 35.5. The summed E-state index contributed by atoms with van der Waals surface area (Å²) in [6, 6.07) is 1.44. The normalized spacial score (nSPS) is 17.0. The van der Waals surface area contributed by atoms with Crippen molar-refractivity contribution >= 4 is 33.5 Å². The molecule has 160 valence electrons. The molecule has 0 bridgehead atoms. The zero-order valence-electron chi connectivity index (χ0n) is 16.5. The van der Waals surface area contributed by atoms with E-state index in [1.807, 2.05) is 0 Å². The van der Waals surface area contributed by atoms with Crippen LogP contribution in [-0.2, 0) is 14.6 Å². The van der Waals surface area contributed by atoms with Gasteiger partial charge in [-0.05, 0) is 18.6 Å². The van der Waals surface area contributed by atoms with Gasteiger partial charge in [0.1, 0.15) is 33.1 Å². The molecular formula is C21H21ClO7S.